The lowest BCUT2D eigenvalue weighted by Crippen LogP contribution is -2.30. The van der Waals surface area contributed by atoms with Crippen LogP contribution < -0.4 is 9.64 Å². The number of fused-ring (bicyclic) bond motifs is 1. The molecule has 0 radical (unpaired) electrons. The van der Waals surface area contributed by atoms with E-state index in [1.54, 1.807) is 23.8 Å². The van der Waals surface area contributed by atoms with Crippen LogP contribution in [0.25, 0.3) is 5.65 Å². The van der Waals surface area contributed by atoms with E-state index in [9.17, 15) is 13.8 Å². The molecule has 2 aromatic rings. The van der Waals surface area contributed by atoms with E-state index in [1.165, 1.54) is 11.9 Å². The minimum Gasteiger partial charge on any atom is -0.495 e. The maximum atomic E-state index is 12.5. The zero-order valence-electron chi connectivity index (χ0n) is 17.1. The Labute approximate surface area is 166 Å². The number of ether oxygens (including phenoxy) is 1. The van der Waals surface area contributed by atoms with Gasteiger partial charge in [-0.15, -0.1) is 0 Å². The summed E-state index contributed by atoms with van der Waals surface area (Å²) in [6, 6.07) is 1.31. The maximum Gasteiger partial charge on any atom is 0.331 e. The standard InChI is InChI=1S/C19H26N4O4S/c1-12(11-28(26)19(2,3)4)14-9-22-8-13(27-6)7-15(17(22)20-14)23-10-16(24)21(5)18(23)25/h7-9,12H,10-11H2,1-6H3/t12-,28?/m0/s1. The molecule has 28 heavy (non-hydrogen) atoms. The number of anilines is 1. The number of hydrogen-bond donors (Lipinski definition) is 0. The number of urea groups is 1. The van der Waals surface area contributed by atoms with E-state index in [0.717, 1.165) is 10.6 Å². The molecule has 3 amide bonds. The number of imide groups is 1. The Balaban J connectivity index is 2.03. The average molecular weight is 407 g/mol. The summed E-state index contributed by atoms with van der Waals surface area (Å²) in [4.78, 5) is 31.6. The second-order valence-electron chi connectivity index (χ2n) is 8.01. The van der Waals surface area contributed by atoms with E-state index in [1.807, 2.05) is 33.9 Å². The summed E-state index contributed by atoms with van der Waals surface area (Å²) >= 11 is 0. The highest BCUT2D eigenvalue weighted by molar-refractivity contribution is 7.86. The van der Waals surface area contributed by atoms with Gasteiger partial charge in [-0.3, -0.25) is 18.8 Å². The summed E-state index contributed by atoms with van der Waals surface area (Å²) in [5.74, 6) is 0.736. The number of carbonyl (C=O) groups is 2. The topological polar surface area (TPSA) is 84.2 Å². The monoisotopic (exact) mass is 406 g/mol. The summed E-state index contributed by atoms with van der Waals surface area (Å²) in [6.45, 7) is 7.81. The molecule has 1 aliphatic rings. The Bertz CT molecular complexity index is 963. The molecule has 152 valence electrons. The van der Waals surface area contributed by atoms with Gasteiger partial charge in [-0.25, -0.2) is 9.78 Å². The summed E-state index contributed by atoms with van der Waals surface area (Å²) in [7, 11) is 2.00. The lowest BCUT2D eigenvalue weighted by Gasteiger charge is -2.19. The Kier molecular flexibility index (Phi) is 5.22. The molecule has 1 saturated heterocycles. The first-order chi connectivity index (χ1) is 13.0. The maximum absolute atomic E-state index is 12.5. The van der Waals surface area contributed by atoms with Gasteiger partial charge >= 0.3 is 6.03 Å². The molecular formula is C19H26N4O4S. The van der Waals surface area contributed by atoms with Gasteiger partial charge in [-0.05, 0) is 20.8 Å². The third-order valence-corrected chi connectivity index (χ3v) is 7.00. The van der Waals surface area contributed by atoms with Gasteiger partial charge in [-0.2, -0.15) is 0 Å². The SMILES string of the molecule is COc1cc(N2CC(=O)N(C)C2=O)c2nc([C@@H](C)CS(=O)C(C)(C)C)cn2c1. The molecule has 3 rings (SSSR count). The molecular weight excluding hydrogens is 380 g/mol. The number of pyridine rings is 1. The zero-order chi connectivity index (χ0) is 20.8. The smallest absolute Gasteiger partial charge is 0.331 e. The normalized spacial score (nSPS) is 17.5. The summed E-state index contributed by atoms with van der Waals surface area (Å²) in [5.41, 5.74) is 1.84. The van der Waals surface area contributed by atoms with Crippen LogP contribution in [0, 0.1) is 0 Å². The quantitative estimate of drug-likeness (QED) is 0.712. The van der Waals surface area contributed by atoms with Crippen LogP contribution in [0.2, 0.25) is 0 Å². The van der Waals surface area contributed by atoms with Crippen molar-refractivity contribution in [3.8, 4) is 5.75 Å². The van der Waals surface area contributed by atoms with E-state index in [0.29, 0.717) is 22.8 Å². The van der Waals surface area contributed by atoms with Crippen LogP contribution >= 0.6 is 0 Å². The number of amides is 3. The van der Waals surface area contributed by atoms with Gasteiger partial charge in [0.25, 0.3) is 0 Å². The van der Waals surface area contributed by atoms with E-state index in [2.05, 4.69) is 0 Å². The fraction of sp³-hybridized carbons (Fsp3) is 0.526. The van der Waals surface area contributed by atoms with Crippen molar-refractivity contribution >= 4 is 34.1 Å². The second-order valence-corrected chi connectivity index (χ2v) is 10.3. The zero-order valence-corrected chi connectivity index (χ0v) is 17.9. The van der Waals surface area contributed by atoms with Crippen molar-refractivity contribution in [3.63, 3.8) is 0 Å². The Hall–Kier alpha value is -2.42. The number of aromatic nitrogens is 2. The third kappa shape index (κ3) is 3.63. The predicted octanol–water partition coefficient (Wildman–Crippen LogP) is 2.39. The lowest BCUT2D eigenvalue weighted by atomic mass is 10.1. The van der Waals surface area contributed by atoms with Gasteiger partial charge in [0.2, 0.25) is 5.91 Å². The van der Waals surface area contributed by atoms with Crippen LogP contribution in [-0.4, -0.2) is 61.6 Å². The molecule has 1 fully saturated rings. The second kappa shape index (κ2) is 7.20. The molecule has 0 aliphatic carbocycles. The Morgan fingerprint density at radius 1 is 1.29 bits per heavy atom. The first kappa shape index (κ1) is 20.3. The molecule has 0 spiro atoms. The fourth-order valence-corrected chi connectivity index (χ4v) is 4.09. The van der Waals surface area contributed by atoms with Gasteiger partial charge in [0.1, 0.15) is 12.3 Å². The molecule has 9 heteroatoms. The van der Waals surface area contributed by atoms with Crippen molar-refractivity contribution in [1.82, 2.24) is 14.3 Å². The van der Waals surface area contributed by atoms with Crippen molar-refractivity contribution in [3.05, 3.63) is 24.2 Å². The molecule has 2 atom stereocenters. The van der Waals surface area contributed by atoms with Gasteiger partial charge in [-0.1, -0.05) is 6.92 Å². The molecule has 0 saturated carbocycles. The molecule has 1 aliphatic heterocycles. The molecule has 0 N–H and O–H groups in total. The highest BCUT2D eigenvalue weighted by Gasteiger charge is 2.36. The van der Waals surface area contributed by atoms with Crippen molar-refractivity contribution in [2.45, 2.75) is 38.4 Å². The number of methoxy groups -OCH3 is 1. The summed E-state index contributed by atoms with van der Waals surface area (Å²) < 4.78 is 19.4. The van der Waals surface area contributed by atoms with Crippen molar-refractivity contribution < 1.29 is 18.5 Å². The molecule has 0 bridgehead atoms. The van der Waals surface area contributed by atoms with Crippen molar-refractivity contribution in [2.24, 2.45) is 0 Å². The first-order valence-electron chi connectivity index (χ1n) is 9.06. The van der Waals surface area contributed by atoms with Crippen molar-refractivity contribution in [1.29, 1.82) is 0 Å². The average Bonchev–Trinajstić information content (AvgIpc) is 3.16. The lowest BCUT2D eigenvalue weighted by molar-refractivity contribution is -0.123. The van der Waals surface area contributed by atoms with Gasteiger partial charge in [0.15, 0.2) is 5.65 Å². The highest BCUT2D eigenvalue weighted by Crippen LogP contribution is 2.31. The van der Waals surface area contributed by atoms with Crippen LogP contribution in [0.5, 0.6) is 5.75 Å². The van der Waals surface area contributed by atoms with E-state index in [4.69, 9.17) is 9.72 Å². The summed E-state index contributed by atoms with van der Waals surface area (Å²) in [5, 5.41) is 0. The van der Waals surface area contributed by atoms with E-state index >= 15 is 0 Å². The van der Waals surface area contributed by atoms with Crippen LogP contribution in [0.3, 0.4) is 0 Å². The first-order valence-corrected chi connectivity index (χ1v) is 10.4. The predicted molar refractivity (Wildman–Crippen MR) is 108 cm³/mol. The van der Waals surface area contributed by atoms with E-state index in [-0.39, 0.29) is 23.1 Å². The summed E-state index contributed by atoms with van der Waals surface area (Å²) in [6.07, 6.45) is 3.63. The number of hydrogen-bond acceptors (Lipinski definition) is 5. The van der Waals surface area contributed by atoms with Crippen LogP contribution in [0.4, 0.5) is 10.5 Å². The molecule has 1 unspecified atom stereocenters. The number of imidazole rings is 1. The minimum atomic E-state index is -1.01. The third-order valence-electron chi connectivity index (χ3n) is 4.83. The van der Waals surface area contributed by atoms with Crippen LogP contribution in [0.15, 0.2) is 18.5 Å². The molecule has 8 nitrogen and oxygen atoms in total. The van der Waals surface area contributed by atoms with Gasteiger partial charge < -0.3 is 9.14 Å². The number of carbonyl (C=O) groups excluding carboxylic acids is 2. The number of likely N-dealkylation sites (N-methyl/N-ethyl adjacent to an activating group) is 1. The van der Waals surface area contributed by atoms with Gasteiger partial charge in [0, 0.05) is 46.5 Å². The highest BCUT2D eigenvalue weighted by atomic mass is 32.2. The number of rotatable bonds is 5. The Morgan fingerprint density at radius 2 is 1.96 bits per heavy atom. The largest absolute Gasteiger partial charge is 0.495 e. The van der Waals surface area contributed by atoms with E-state index < -0.39 is 16.8 Å². The molecule has 3 heterocycles. The van der Waals surface area contributed by atoms with Gasteiger partial charge in [0.05, 0.1) is 24.7 Å². The molecule has 2 aromatic heterocycles. The molecule has 0 aromatic carbocycles. The fourth-order valence-electron chi connectivity index (χ4n) is 2.97. The minimum absolute atomic E-state index is 0.0302. The van der Waals surface area contributed by atoms with Crippen LogP contribution in [0.1, 0.15) is 39.3 Å². The number of nitrogens with zero attached hydrogens (tertiary/aromatic N) is 4. The van der Waals surface area contributed by atoms with Crippen LogP contribution in [-0.2, 0) is 15.6 Å². The Morgan fingerprint density at radius 3 is 2.50 bits per heavy atom. The van der Waals surface area contributed by atoms with Crippen molar-refractivity contribution in [2.75, 3.05) is 31.4 Å².